The lowest BCUT2D eigenvalue weighted by molar-refractivity contribution is -0.385. The Kier molecular flexibility index (Phi) is 4.42. The maximum Gasteiger partial charge on any atom is 0.312 e. The molecule has 1 aliphatic heterocycles. The Balaban J connectivity index is 2.21. The molecule has 114 valence electrons. The van der Waals surface area contributed by atoms with Crippen molar-refractivity contribution < 1.29 is 14.5 Å². The van der Waals surface area contributed by atoms with Crippen LogP contribution < -0.4 is 15.4 Å². The number of nitrogens with zero attached hydrogens (tertiary/aromatic N) is 1. The highest BCUT2D eigenvalue weighted by molar-refractivity contribution is 5.98. The van der Waals surface area contributed by atoms with E-state index in [1.54, 1.807) is 6.07 Å². The average Bonchev–Trinajstić information content (AvgIpc) is 2.97. The zero-order valence-corrected chi connectivity index (χ0v) is 12.1. The monoisotopic (exact) mass is 293 g/mol. The van der Waals surface area contributed by atoms with Crippen LogP contribution in [-0.2, 0) is 4.79 Å². The molecular weight excluding hydrogens is 274 g/mol. The van der Waals surface area contributed by atoms with Gasteiger partial charge in [0, 0.05) is 11.8 Å². The summed E-state index contributed by atoms with van der Waals surface area (Å²) >= 11 is 0. The Hall–Kier alpha value is -2.15. The van der Waals surface area contributed by atoms with Gasteiger partial charge >= 0.3 is 5.69 Å². The highest BCUT2D eigenvalue weighted by atomic mass is 16.6. The number of rotatable bonds is 5. The van der Waals surface area contributed by atoms with Gasteiger partial charge in [-0.25, -0.2) is 0 Å². The Morgan fingerprint density at radius 1 is 1.57 bits per heavy atom. The number of nitro groups is 1. The van der Waals surface area contributed by atoms with Gasteiger partial charge in [0.05, 0.1) is 17.6 Å². The van der Waals surface area contributed by atoms with E-state index in [1.165, 1.54) is 19.2 Å². The molecule has 2 rings (SSSR count). The number of methoxy groups -OCH3 is 1. The zero-order valence-electron chi connectivity index (χ0n) is 12.1. The second kappa shape index (κ2) is 6.09. The van der Waals surface area contributed by atoms with E-state index >= 15 is 0 Å². The predicted octanol–water partition coefficient (Wildman–Crippen LogP) is 2.07. The van der Waals surface area contributed by atoms with E-state index in [-0.39, 0.29) is 17.3 Å². The Labute approximate surface area is 122 Å². The molecule has 1 aliphatic rings. The summed E-state index contributed by atoms with van der Waals surface area (Å²) in [6, 6.07) is 4.39. The van der Waals surface area contributed by atoms with Crippen LogP contribution in [0.1, 0.15) is 26.2 Å². The third kappa shape index (κ3) is 2.97. The number of amides is 1. The molecule has 1 atom stereocenters. The molecule has 0 aromatic heterocycles. The largest absolute Gasteiger partial charge is 0.490 e. The fourth-order valence-corrected chi connectivity index (χ4v) is 2.62. The molecular formula is C14H19N3O4. The molecule has 0 spiro atoms. The normalized spacial score (nSPS) is 21.0. The van der Waals surface area contributed by atoms with Crippen molar-refractivity contribution >= 4 is 17.3 Å². The van der Waals surface area contributed by atoms with Crippen molar-refractivity contribution in [3.05, 3.63) is 28.3 Å². The molecule has 2 N–H and O–H groups in total. The van der Waals surface area contributed by atoms with Gasteiger partial charge in [0.15, 0.2) is 5.75 Å². The molecule has 1 saturated heterocycles. The SMILES string of the molecule is CCC1(C(=O)Nc2ccc(OC)c([N+](=O)[O-])c2)CCCN1. The quantitative estimate of drug-likeness (QED) is 0.640. The van der Waals surface area contributed by atoms with Crippen LogP contribution >= 0.6 is 0 Å². The molecule has 1 aromatic carbocycles. The summed E-state index contributed by atoms with van der Waals surface area (Å²) in [5.41, 5.74) is -0.344. The molecule has 21 heavy (non-hydrogen) atoms. The third-order valence-corrected chi connectivity index (χ3v) is 3.92. The zero-order chi connectivity index (χ0) is 15.5. The van der Waals surface area contributed by atoms with Crippen LogP contribution in [-0.4, -0.2) is 30.0 Å². The van der Waals surface area contributed by atoms with Crippen LogP contribution in [0.15, 0.2) is 18.2 Å². The highest BCUT2D eigenvalue weighted by Gasteiger charge is 2.39. The minimum Gasteiger partial charge on any atom is -0.490 e. The van der Waals surface area contributed by atoms with Crippen molar-refractivity contribution in [3.63, 3.8) is 0 Å². The molecule has 0 saturated carbocycles. The molecule has 0 radical (unpaired) electrons. The van der Waals surface area contributed by atoms with Gasteiger partial charge in [0.25, 0.3) is 0 Å². The lowest BCUT2D eigenvalue weighted by atomic mass is 9.93. The first-order valence-electron chi connectivity index (χ1n) is 6.91. The van der Waals surface area contributed by atoms with Crippen molar-refractivity contribution in [1.82, 2.24) is 5.32 Å². The summed E-state index contributed by atoms with van der Waals surface area (Å²) in [4.78, 5) is 22.9. The highest BCUT2D eigenvalue weighted by Crippen LogP contribution is 2.31. The minimum absolute atomic E-state index is 0.151. The molecule has 7 nitrogen and oxygen atoms in total. The third-order valence-electron chi connectivity index (χ3n) is 3.92. The smallest absolute Gasteiger partial charge is 0.312 e. The molecule has 0 aliphatic carbocycles. The first-order valence-corrected chi connectivity index (χ1v) is 6.91. The van der Waals surface area contributed by atoms with E-state index in [9.17, 15) is 14.9 Å². The van der Waals surface area contributed by atoms with Crippen molar-refractivity contribution in [2.45, 2.75) is 31.7 Å². The molecule has 1 amide bonds. The minimum atomic E-state index is -0.575. The topological polar surface area (TPSA) is 93.5 Å². The first-order chi connectivity index (χ1) is 10.0. The summed E-state index contributed by atoms with van der Waals surface area (Å²) in [6.45, 7) is 2.76. The van der Waals surface area contributed by atoms with Gasteiger partial charge in [-0.3, -0.25) is 14.9 Å². The predicted molar refractivity (Wildman–Crippen MR) is 78.5 cm³/mol. The fraction of sp³-hybridized carbons (Fsp3) is 0.500. The van der Waals surface area contributed by atoms with Crippen LogP contribution in [0.5, 0.6) is 5.75 Å². The maximum atomic E-state index is 12.4. The van der Waals surface area contributed by atoms with E-state index in [2.05, 4.69) is 10.6 Å². The van der Waals surface area contributed by atoms with Crippen LogP contribution in [0.25, 0.3) is 0 Å². The maximum absolute atomic E-state index is 12.4. The number of hydrogen-bond donors (Lipinski definition) is 2. The molecule has 1 unspecified atom stereocenters. The van der Waals surface area contributed by atoms with Crippen LogP contribution in [0.3, 0.4) is 0 Å². The van der Waals surface area contributed by atoms with Gasteiger partial charge in [-0.15, -0.1) is 0 Å². The second-order valence-electron chi connectivity index (χ2n) is 5.06. The van der Waals surface area contributed by atoms with E-state index in [0.717, 1.165) is 19.4 Å². The standard InChI is InChI=1S/C14H19N3O4/c1-3-14(7-4-8-15-14)13(18)16-10-5-6-12(21-2)11(9-10)17(19)20/h5-6,9,15H,3-4,7-8H2,1-2H3,(H,16,18). The van der Waals surface area contributed by atoms with Gasteiger partial charge in [-0.1, -0.05) is 6.92 Å². The number of carbonyl (C=O) groups is 1. The van der Waals surface area contributed by atoms with E-state index in [1.807, 2.05) is 6.92 Å². The lowest BCUT2D eigenvalue weighted by Crippen LogP contribution is -2.50. The summed E-state index contributed by atoms with van der Waals surface area (Å²) in [5.74, 6) is 0.0177. The molecule has 1 heterocycles. The van der Waals surface area contributed by atoms with Crippen molar-refractivity contribution in [2.24, 2.45) is 0 Å². The number of ether oxygens (including phenoxy) is 1. The van der Waals surface area contributed by atoms with Crippen LogP contribution in [0, 0.1) is 10.1 Å². The Bertz CT molecular complexity index is 553. The number of nitrogens with one attached hydrogen (secondary N) is 2. The van der Waals surface area contributed by atoms with Crippen molar-refractivity contribution in [3.8, 4) is 5.75 Å². The number of benzene rings is 1. The van der Waals surface area contributed by atoms with E-state index < -0.39 is 10.5 Å². The van der Waals surface area contributed by atoms with Crippen molar-refractivity contribution in [2.75, 3.05) is 19.0 Å². The van der Waals surface area contributed by atoms with Gasteiger partial charge in [-0.2, -0.15) is 0 Å². The van der Waals surface area contributed by atoms with Crippen LogP contribution in [0.4, 0.5) is 11.4 Å². The number of carbonyl (C=O) groups excluding carboxylic acids is 1. The Morgan fingerprint density at radius 3 is 2.86 bits per heavy atom. The number of anilines is 1. The number of hydrogen-bond acceptors (Lipinski definition) is 5. The lowest BCUT2D eigenvalue weighted by Gasteiger charge is -2.26. The van der Waals surface area contributed by atoms with Crippen LogP contribution in [0.2, 0.25) is 0 Å². The molecule has 1 aromatic rings. The fourth-order valence-electron chi connectivity index (χ4n) is 2.62. The molecule has 1 fully saturated rings. The average molecular weight is 293 g/mol. The summed E-state index contributed by atoms with van der Waals surface area (Å²) in [7, 11) is 1.37. The Morgan fingerprint density at radius 2 is 2.33 bits per heavy atom. The summed E-state index contributed by atoms with van der Waals surface area (Å²) in [6.07, 6.45) is 2.40. The van der Waals surface area contributed by atoms with Gasteiger partial charge in [0.1, 0.15) is 0 Å². The molecule has 7 heteroatoms. The van der Waals surface area contributed by atoms with Gasteiger partial charge in [0.2, 0.25) is 5.91 Å². The molecule has 0 bridgehead atoms. The number of nitro benzene ring substituents is 1. The van der Waals surface area contributed by atoms with Gasteiger partial charge in [-0.05, 0) is 37.9 Å². The first kappa shape index (κ1) is 15.2. The van der Waals surface area contributed by atoms with E-state index in [0.29, 0.717) is 12.1 Å². The summed E-state index contributed by atoms with van der Waals surface area (Å²) < 4.78 is 4.94. The second-order valence-corrected chi connectivity index (χ2v) is 5.06. The van der Waals surface area contributed by atoms with Crippen molar-refractivity contribution in [1.29, 1.82) is 0 Å². The van der Waals surface area contributed by atoms with Gasteiger partial charge < -0.3 is 15.4 Å². The summed E-state index contributed by atoms with van der Waals surface area (Å²) in [5, 5.41) is 17.0. The van der Waals surface area contributed by atoms with E-state index in [4.69, 9.17) is 4.74 Å².